The zero-order valence-corrected chi connectivity index (χ0v) is 11.5. The third kappa shape index (κ3) is 4.00. The van der Waals surface area contributed by atoms with E-state index in [0.29, 0.717) is 0 Å². The van der Waals surface area contributed by atoms with Crippen molar-refractivity contribution in [1.29, 1.82) is 0 Å². The van der Waals surface area contributed by atoms with Crippen molar-refractivity contribution < 1.29 is 0 Å². The molecule has 3 nitrogen and oxygen atoms in total. The Labute approximate surface area is 111 Å². The summed E-state index contributed by atoms with van der Waals surface area (Å²) in [6.07, 6.45) is 0. The molecule has 2 N–H and O–H groups in total. The van der Waals surface area contributed by atoms with Crippen molar-refractivity contribution in [1.82, 2.24) is 9.80 Å². The molecule has 1 aromatic carbocycles. The van der Waals surface area contributed by atoms with Crippen LogP contribution in [0.3, 0.4) is 0 Å². The minimum Gasteiger partial charge on any atom is -0.399 e. The summed E-state index contributed by atoms with van der Waals surface area (Å²) in [5.74, 6) is 1.50. The predicted molar refractivity (Wildman–Crippen MR) is 77.2 cm³/mol. The van der Waals surface area contributed by atoms with Crippen molar-refractivity contribution in [3.05, 3.63) is 35.7 Å². The third-order valence-electron chi connectivity index (χ3n) is 3.39. The van der Waals surface area contributed by atoms with Gasteiger partial charge in [-0.2, -0.15) is 0 Å². The lowest BCUT2D eigenvalue weighted by Gasteiger charge is -2.35. The summed E-state index contributed by atoms with van der Waals surface area (Å²) < 4.78 is 0. The molecular formula is C15H24N3. The van der Waals surface area contributed by atoms with Gasteiger partial charge in [-0.05, 0) is 23.6 Å². The van der Waals surface area contributed by atoms with Gasteiger partial charge in [0.05, 0.1) is 0 Å². The van der Waals surface area contributed by atoms with Gasteiger partial charge in [-0.1, -0.05) is 26.0 Å². The van der Waals surface area contributed by atoms with E-state index >= 15 is 0 Å². The molecule has 1 fully saturated rings. The van der Waals surface area contributed by atoms with Gasteiger partial charge in [-0.25, -0.2) is 0 Å². The molecule has 1 radical (unpaired) electrons. The Morgan fingerprint density at radius 1 is 1.00 bits per heavy atom. The number of anilines is 1. The first-order chi connectivity index (χ1) is 8.63. The molecule has 0 unspecified atom stereocenters. The number of benzene rings is 1. The van der Waals surface area contributed by atoms with Crippen LogP contribution in [-0.4, -0.2) is 42.5 Å². The smallest absolute Gasteiger partial charge is 0.0314 e. The lowest BCUT2D eigenvalue weighted by molar-refractivity contribution is 0.131. The molecule has 0 aromatic heterocycles. The molecule has 1 aromatic rings. The minimum atomic E-state index is 0.845. The fraction of sp³-hybridized carbons (Fsp3) is 0.533. The molecule has 0 bridgehead atoms. The number of rotatable bonds is 4. The summed E-state index contributed by atoms with van der Waals surface area (Å²) in [6.45, 7) is 11.3. The first-order valence-electron chi connectivity index (χ1n) is 6.71. The van der Waals surface area contributed by atoms with Crippen LogP contribution in [0.1, 0.15) is 19.4 Å². The van der Waals surface area contributed by atoms with Crippen molar-refractivity contribution in [2.24, 2.45) is 0 Å². The lowest BCUT2D eigenvalue weighted by atomic mass is 10.1. The van der Waals surface area contributed by atoms with Crippen molar-refractivity contribution in [2.75, 3.05) is 38.5 Å². The second-order valence-electron chi connectivity index (χ2n) is 5.50. The quantitative estimate of drug-likeness (QED) is 0.825. The fourth-order valence-electron chi connectivity index (χ4n) is 2.43. The topological polar surface area (TPSA) is 32.5 Å². The van der Waals surface area contributed by atoms with Gasteiger partial charge in [0.2, 0.25) is 0 Å². The molecule has 18 heavy (non-hydrogen) atoms. The van der Waals surface area contributed by atoms with Gasteiger partial charge in [0, 0.05) is 45.0 Å². The number of nitrogens with zero attached hydrogens (tertiary/aromatic N) is 2. The minimum absolute atomic E-state index is 0.845. The predicted octanol–water partition coefficient (Wildman–Crippen LogP) is 2.00. The molecule has 1 aliphatic heterocycles. The molecule has 0 saturated carbocycles. The first kappa shape index (κ1) is 13.4. The lowest BCUT2D eigenvalue weighted by Crippen LogP contribution is -2.46. The molecule has 1 heterocycles. The summed E-state index contributed by atoms with van der Waals surface area (Å²) in [5.41, 5.74) is 7.90. The summed E-state index contributed by atoms with van der Waals surface area (Å²) in [7, 11) is 0. The van der Waals surface area contributed by atoms with Gasteiger partial charge >= 0.3 is 0 Å². The average Bonchev–Trinajstić information content (AvgIpc) is 2.34. The maximum Gasteiger partial charge on any atom is 0.0314 e. The average molecular weight is 246 g/mol. The van der Waals surface area contributed by atoms with Crippen LogP contribution in [0, 0.1) is 5.92 Å². The Hall–Kier alpha value is -1.06. The van der Waals surface area contributed by atoms with Crippen LogP contribution < -0.4 is 5.73 Å². The number of piperazine rings is 1. The van der Waals surface area contributed by atoms with E-state index in [0.717, 1.165) is 31.9 Å². The Morgan fingerprint density at radius 3 is 2.11 bits per heavy atom. The maximum atomic E-state index is 5.70. The summed E-state index contributed by atoms with van der Waals surface area (Å²) in [6, 6.07) is 8.24. The van der Waals surface area contributed by atoms with Gasteiger partial charge < -0.3 is 10.6 Å². The molecule has 0 atom stereocenters. The van der Waals surface area contributed by atoms with Crippen LogP contribution in [0.15, 0.2) is 24.3 Å². The Kier molecular flexibility index (Phi) is 4.61. The van der Waals surface area contributed by atoms with E-state index in [4.69, 9.17) is 5.73 Å². The van der Waals surface area contributed by atoms with Crippen molar-refractivity contribution in [2.45, 2.75) is 20.4 Å². The fourth-order valence-corrected chi connectivity index (χ4v) is 2.43. The van der Waals surface area contributed by atoms with E-state index < -0.39 is 0 Å². The monoisotopic (exact) mass is 246 g/mol. The van der Waals surface area contributed by atoms with Crippen LogP contribution in [0.25, 0.3) is 0 Å². The van der Waals surface area contributed by atoms with Gasteiger partial charge in [-0.15, -0.1) is 0 Å². The van der Waals surface area contributed by atoms with E-state index in [1.807, 2.05) is 12.1 Å². The summed E-state index contributed by atoms with van der Waals surface area (Å²) in [5, 5.41) is 0. The molecule has 0 aliphatic carbocycles. The molecule has 1 saturated heterocycles. The number of hydrogen-bond donors (Lipinski definition) is 1. The van der Waals surface area contributed by atoms with E-state index in [2.05, 4.69) is 35.8 Å². The van der Waals surface area contributed by atoms with Crippen LogP contribution in [0.5, 0.6) is 0 Å². The molecular weight excluding hydrogens is 222 g/mol. The molecule has 3 heteroatoms. The zero-order valence-electron chi connectivity index (χ0n) is 11.5. The van der Waals surface area contributed by atoms with Crippen LogP contribution >= 0.6 is 0 Å². The molecule has 1 aliphatic rings. The van der Waals surface area contributed by atoms with E-state index in [1.165, 1.54) is 24.6 Å². The van der Waals surface area contributed by atoms with Crippen LogP contribution in [0.4, 0.5) is 5.69 Å². The number of hydrogen-bond acceptors (Lipinski definition) is 3. The van der Waals surface area contributed by atoms with Gasteiger partial charge in [0.25, 0.3) is 0 Å². The number of nitrogens with two attached hydrogens (primary N) is 1. The largest absolute Gasteiger partial charge is 0.399 e. The third-order valence-corrected chi connectivity index (χ3v) is 3.39. The highest BCUT2D eigenvalue weighted by atomic mass is 15.3. The normalized spacial score (nSPS) is 18.4. The van der Waals surface area contributed by atoms with Crippen molar-refractivity contribution in [3.63, 3.8) is 0 Å². The van der Waals surface area contributed by atoms with Gasteiger partial charge in [0.1, 0.15) is 0 Å². The van der Waals surface area contributed by atoms with Crippen molar-refractivity contribution in [3.8, 4) is 0 Å². The van der Waals surface area contributed by atoms with Crippen molar-refractivity contribution >= 4 is 5.69 Å². The maximum absolute atomic E-state index is 5.70. The Morgan fingerprint density at radius 2 is 1.56 bits per heavy atom. The van der Waals surface area contributed by atoms with Crippen LogP contribution in [0.2, 0.25) is 0 Å². The summed E-state index contributed by atoms with van der Waals surface area (Å²) >= 11 is 0. The summed E-state index contributed by atoms with van der Waals surface area (Å²) in [4.78, 5) is 5.06. The second-order valence-corrected chi connectivity index (χ2v) is 5.50. The van der Waals surface area contributed by atoms with E-state index in [9.17, 15) is 0 Å². The molecule has 0 spiro atoms. The standard InChI is InChI=1S/C15H24N3/c1-13(2)11-17-7-9-18(10-8-17)12-14-3-5-15(16)6-4-14/h3-6H,7-12,16H2,1-2H3. The van der Waals surface area contributed by atoms with Gasteiger partial charge in [0.15, 0.2) is 0 Å². The Bertz CT molecular complexity index is 351. The molecule has 2 rings (SSSR count). The SMILES string of the molecule is C[C](C)CN1CCN(Cc2ccc(N)cc2)CC1. The molecule has 0 amide bonds. The number of nitrogen functional groups attached to an aromatic ring is 1. The Balaban J connectivity index is 1.78. The zero-order chi connectivity index (χ0) is 13.0. The molecule has 99 valence electrons. The highest BCUT2D eigenvalue weighted by Crippen LogP contribution is 2.11. The van der Waals surface area contributed by atoms with Crippen LogP contribution in [-0.2, 0) is 6.54 Å². The second kappa shape index (κ2) is 6.21. The van der Waals surface area contributed by atoms with Gasteiger partial charge in [-0.3, -0.25) is 4.90 Å². The highest BCUT2D eigenvalue weighted by molar-refractivity contribution is 5.39. The van der Waals surface area contributed by atoms with E-state index in [1.54, 1.807) is 0 Å². The highest BCUT2D eigenvalue weighted by Gasteiger charge is 2.17. The first-order valence-corrected chi connectivity index (χ1v) is 6.71. The van der Waals surface area contributed by atoms with E-state index in [-0.39, 0.29) is 0 Å².